The summed E-state index contributed by atoms with van der Waals surface area (Å²) in [5.74, 6) is -1.12. The molecule has 12 nitrogen and oxygen atoms in total. The zero-order valence-corrected chi connectivity index (χ0v) is 13.9. The molecular weight excluding hydrogens is 368 g/mol. The second kappa shape index (κ2) is 7.76. The molecule has 3 aromatic rings. The fourth-order valence-electron chi connectivity index (χ4n) is 2.26. The summed E-state index contributed by atoms with van der Waals surface area (Å²) < 4.78 is 0. The maximum Gasteiger partial charge on any atom is 0.276 e. The van der Waals surface area contributed by atoms with Crippen LogP contribution in [0.1, 0.15) is 5.69 Å². The number of fused-ring (bicyclic) bond motifs is 1. The molecule has 3 rings (SSSR count). The Bertz CT molecular complexity index is 1210. The van der Waals surface area contributed by atoms with Crippen LogP contribution >= 0.6 is 0 Å². The molecule has 2 N–H and O–H groups in total. The molecule has 0 fully saturated rings. The van der Waals surface area contributed by atoms with E-state index in [1.165, 1.54) is 24.3 Å². The second-order valence-corrected chi connectivity index (χ2v) is 5.30. The molecule has 0 aliphatic rings. The Morgan fingerprint density at radius 3 is 2.61 bits per heavy atom. The number of hydrogen-bond acceptors (Lipinski definition) is 7. The summed E-state index contributed by atoms with van der Waals surface area (Å²) in [6, 6.07) is 11.8. The van der Waals surface area contributed by atoms with Crippen LogP contribution in [0, 0.1) is 10.1 Å². The quantitative estimate of drug-likeness (QED) is 0.172. The lowest BCUT2D eigenvalue weighted by Gasteiger charge is -2.05. The third kappa shape index (κ3) is 3.81. The molecule has 0 aliphatic carbocycles. The van der Waals surface area contributed by atoms with Gasteiger partial charge in [0.25, 0.3) is 17.2 Å². The Hall–Kier alpha value is -4.57. The Balaban J connectivity index is 2.04. The molecule has 1 amide bonds. The summed E-state index contributed by atoms with van der Waals surface area (Å²) in [6.45, 7) is 0. The molecular formula is C16H10N8O4. The van der Waals surface area contributed by atoms with E-state index >= 15 is 0 Å². The standard InChI is InChI=1S/C16H10N8O4/c17-23-22-16(26)14(21-20-9-5-7-10(8-6-9)24(27)28)13-15(25)19-12-4-2-1-3-11(12)18-13/h1-8,20H,(H,19,25)/b21-14-. The van der Waals surface area contributed by atoms with E-state index in [2.05, 4.69) is 30.5 Å². The number of amides is 1. The molecule has 0 radical (unpaired) electrons. The fraction of sp³-hybridized carbons (Fsp3) is 0. The Morgan fingerprint density at radius 1 is 1.21 bits per heavy atom. The summed E-state index contributed by atoms with van der Waals surface area (Å²) in [6.07, 6.45) is 0. The summed E-state index contributed by atoms with van der Waals surface area (Å²) in [5, 5.41) is 17.5. The number of H-pyrrole nitrogens is 1. The highest BCUT2D eigenvalue weighted by atomic mass is 16.6. The maximum absolute atomic E-state index is 12.3. The molecule has 0 atom stereocenters. The third-order valence-corrected chi connectivity index (χ3v) is 3.54. The van der Waals surface area contributed by atoms with Crippen LogP contribution in [0.25, 0.3) is 21.5 Å². The zero-order valence-electron chi connectivity index (χ0n) is 13.9. The van der Waals surface area contributed by atoms with Gasteiger partial charge in [0.05, 0.1) is 21.6 Å². The van der Waals surface area contributed by atoms with Crippen molar-refractivity contribution in [3.63, 3.8) is 0 Å². The zero-order chi connectivity index (χ0) is 20.1. The highest BCUT2D eigenvalue weighted by Gasteiger charge is 2.19. The molecule has 0 saturated carbocycles. The van der Waals surface area contributed by atoms with E-state index in [9.17, 15) is 19.7 Å². The number of nitro benzene ring substituents is 1. The number of carbonyl (C=O) groups excluding carboxylic acids is 1. The molecule has 138 valence electrons. The van der Waals surface area contributed by atoms with Gasteiger partial charge < -0.3 is 4.98 Å². The Labute approximate surface area is 155 Å². The first-order chi connectivity index (χ1) is 13.5. The minimum Gasteiger partial charge on any atom is -0.319 e. The monoisotopic (exact) mass is 378 g/mol. The highest BCUT2D eigenvalue weighted by Crippen LogP contribution is 2.15. The SMILES string of the molecule is [N-]=[N+]=NC(=O)/C(=N\Nc1ccc([N+](=O)[O-])cc1)c1nc2ccccc2[nH]c1=O. The Morgan fingerprint density at radius 2 is 1.93 bits per heavy atom. The second-order valence-electron chi connectivity index (χ2n) is 5.30. The van der Waals surface area contributed by atoms with Crippen LogP contribution in [0.15, 0.2) is 63.5 Å². The largest absolute Gasteiger partial charge is 0.319 e. The third-order valence-electron chi connectivity index (χ3n) is 3.54. The summed E-state index contributed by atoms with van der Waals surface area (Å²) in [4.78, 5) is 43.7. The molecule has 1 heterocycles. The van der Waals surface area contributed by atoms with Crippen molar-refractivity contribution < 1.29 is 9.72 Å². The van der Waals surface area contributed by atoms with E-state index in [-0.39, 0.29) is 11.4 Å². The van der Waals surface area contributed by atoms with Gasteiger partial charge in [0, 0.05) is 17.0 Å². The average Bonchev–Trinajstić information content (AvgIpc) is 2.69. The summed E-state index contributed by atoms with van der Waals surface area (Å²) in [7, 11) is 0. The predicted molar refractivity (Wildman–Crippen MR) is 99.8 cm³/mol. The minimum atomic E-state index is -1.12. The van der Waals surface area contributed by atoms with Crippen molar-refractivity contribution in [2.24, 2.45) is 10.2 Å². The van der Waals surface area contributed by atoms with Crippen LogP contribution in [0.4, 0.5) is 11.4 Å². The average molecular weight is 378 g/mol. The predicted octanol–water partition coefficient (Wildman–Crippen LogP) is 2.48. The van der Waals surface area contributed by atoms with Crippen molar-refractivity contribution in [1.82, 2.24) is 9.97 Å². The van der Waals surface area contributed by atoms with E-state index < -0.39 is 22.1 Å². The van der Waals surface area contributed by atoms with Crippen LogP contribution in [0.3, 0.4) is 0 Å². The normalized spacial score (nSPS) is 10.9. The summed E-state index contributed by atoms with van der Waals surface area (Å²) >= 11 is 0. The van der Waals surface area contributed by atoms with Gasteiger partial charge in [-0.15, -0.1) is 0 Å². The number of carbonyl (C=O) groups is 1. The number of nitro groups is 1. The van der Waals surface area contributed by atoms with Gasteiger partial charge in [-0.1, -0.05) is 12.1 Å². The smallest absolute Gasteiger partial charge is 0.276 e. The van der Waals surface area contributed by atoms with Crippen molar-refractivity contribution in [2.45, 2.75) is 0 Å². The number of aromatic nitrogens is 2. The molecule has 0 unspecified atom stereocenters. The number of nitrogens with zero attached hydrogens (tertiary/aromatic N) is 6. The molecule has 1 aromatic heterocycles. The first-order valence-electron chi connectivity index (χ1n) is 7.66. The van der Waals surface area contributed by atoms with Crippen molar-refractivity contribution in [3.8, 4) is 0 Å². The summed E-state index contributed by atoms with van der Waals surface area (Å²) in [5.41, 5.74) is 10.5. The van der Waals surface area contributed by atoms with Crippen LogP contribution in [0.2, 0.25) is 0 Å². The molecule has 0 aliphatic heterocycles. The number of non-ortho nitro benzene ring substituents is 1. The lowest BCUT2D eigenvalue weighted by molar-refractivity contribution is -0.384. The molecule has 0 spiro atoms. The van der Waals surface area contributed by atoms with E-state index in [1.54, 1.807) is 24.3 Å². The number of hydrazone groups is 1. The fourth-order valence-corrected chi connectivity index (χ4v) is 2.26. The first-order valence-corrected chi connectivity index (χ1v) is 7.66. The number of aromatic amines is 1. The Kier molecular flexibility index (Phi) is 5.05. The minimum absolute atomic E-state index is 0.132. The van der Waals surface area contributed by atoms with Crippen LogP contribution in [-0.4, -0.2) is 26.5 Å². The molecule has 0 bridgehead atoms. The van der Waals surface area contributed by atoms with Gasteiger partial charge in [-0.3, -0.25) is 25.1 Å². The number of benzene rings is 2. The topological polar surface area (TPSA) is 179 Å². The van der Waals surface area contributed by atoms with Crippen LogP contribution < -0.4 is 11.0 Å². The van der Waals surface area contributed by atoms with Gasteiger partial charge >= 0.3 is 0 Å². The first kappa shape index (κ1) is 18.2. The van der Waals surface area contributed by atoms with Crippen LogP contribution in [-0.2, 0) is 4.79 Å². The number of azide groups is 1. The van der Waals surface area contributed by atoms with Crippen molar-refractivity contribution in [2.75, 3.05) is 5.43 Å². The van der Waals surface area contributed by atoms with Gasteiger partial charge in [-0.2, -0.15) is 5.10 Å². The van der Waals surface area contributed by atoms with Gasteiger partial charge in [0.15, 0.2) is 11.4 Å². The van der Waals surface area contributed by atoms with Crippen molar-refractivity contribution >= 4 is 34.0 Å². The molecule has 2 aromatic carbocycles. The van der Waals surface area contributed by atoms with E-state index in [0.717, 1.165) is 0 Å². The van der Waals surface area contributed by atoms with Gasteiger partial charge in [-0.05, 0) is 34.9 Å². The van der Waals surface area contributed by atoms with E-state index in [0.29, 0.717) is 16.7 Å². The number of hydrogen-bond donors (Lipinski definition) is 2. The lowest BCUT2D eigenvalue weighted by Crippen LogP contribution is -2.26. The maximum atomic E-state index is 12.3. The number of para-hydroxylation sites is 2. The number of rotatable bonds is 5. The number of nitrogens with one attached hydrogen (secondary N) is 2. The van der Waals surface area contributed by atoms with E-state index in [4.69, 9.17) is 5.53 Å². The molecule has 12 heteroatoms. The lowest BCUT2D eigenvalue weighted by atomic mass is 10.2. The highest BCUT2D eigenvalue weighted by molar-refractivity contribution is 6.45. The molecule has 0 saturated heterocycles. The van der Waals surface area contributed by atoms with Crippen molar-refractivity contribution in [1.29, 1.82) is 0 Å². The van der Waals surface area contributed by atoms with Crippen LogP contribution in [0.5, 0.6) is 0 Å². The number of anilines is 1. The van der Waals surface area contributed by atoms with Gasteiger partial charge in [0.1, 0.15) is 0 Å². The van der Waals surface area contributed by atoms with E-state index in [1.807, 2.05) is 0 Å². The van der Waals surface area contributed by atoms with Crippen molar-refractivity contribution in [3.05, 3.63) is 85.1 Å². The van der Waals surface area contributed by atoms with Gasteiger partial charge in [-0.25, -0.2) is 4.98 Å². The molecule has 28 heavy (non-hydrogen) atoms. The van der Waals surface area contributed by atoms with Gasteiger partial charge in [0.2, 0.25) is 0 Å².